The van der Waals surface area contributed by atoms with Crippen LogP contribution in [-0.2, 0) is 32.2 Å². The summed E-state index contributed by atoms with van der Waals surface area (Å²) in [6.07, 6.45) is -0.488. The molecular formula is C25H22N4O8. The quantitative estimate of drug-likeness (QED) is 0.244. The third-order valence-electron chi connectivity index (χ3n) is 5.55. The summed E-state index contributed by atoms with van der Waals surface area (Å²) in [5.41, 5.74) is -1.74. The van der Waals surface area contributed by atoms with E-state index in [-0.39, 0.29) is 31.9 Å². The summed E-state index contributed by atoms with van der Waals surface area (Å²) in [7, 11) is 0. The normalized spacial score (nSPS) is 10.9. The van der Waals surface area contributed by atoms with Gasteiger partial charge in [0.2, 0.25) is 0 Å². The summed E-state index contributed by atoms with van der Waals surface area (Å²) in [5.74, 6) is -1.71. The first-order valence-corrected chi connectivity index (χ1v) is 11.2. The Balaban J connectivity index is 1.27. The molecule has 0 aliphatic rings. The number of ether oxygens (including phenoxy) is 2. The largest absolute Gasteiger partial charge is 0.464 e. The Hall–Kier alpha value is -5.00. The van der Waals surface area contributed by atoms with Crippen molar-refractivity contribution in [1.82, 2.24) is 19.1 Å². The second kappa shape index (κ2) is 10.7. The second-order valence-electron chi connectivity index (χ2n) is 8.00. The molecule has 4 aromatic rings. The van der Waals surface area contributed by atoms with Crippen LogP contribution in [0.3, 0.4) is 0 Å². The zero-order valence-electron chi connectivity index (χ0n) is 19.5. The van der Waals surface area contributed by atoms with E-state index >= 15 is 0 Å². The molecular weight excluding hydrogens is 484 g/mol. The van der Waals surface area contributed by atoms with E-state index in [0.717, 1.165) is 9.13 Å². The zero-order valence-corrected chi connectivity index (χ0v) is 19.5. The Labute approximate surface area is 207 Å². The summed E-state index contributed by atoms with van der Waals surface area (Å²) >= 11 is 0. The van der Waals surface area contributed by atoms with E-state index in [9.17, 15) is 28.8 Å². The Morgan fingerprint density at radius 1 is 0.730 bits per heavy atom. The Bertz CT molecular complexity index is 1760. The van der Waals surface area contributed by atoms with Crippen molar-refractivity contribution >= 4 is 33.7 Å². The molecule has 0 radical (unpaired) electrons. The average Bonchev–Trinajstić information content (AvgIpc) is 2.87. The van der Waals surface area contributed by atoms with E-state index < -0.39 is 40.9 Å². The predicted octanol–water partition coefficient (Wildman–Crippen LogP) is 0.426. The molecule has 0 aliphatic heterocycles. The molecule has 190 valence electrons. The van der Waals surface area contributed by atoms with Crippen LogP contribution in [0.1, 0.15) is 6.42 Å². The van der Waals surface area contributed by atoms with Gasteiger partial charge in [0, 0.05) is 5.57 Å². The van der Waals surface area contributed by atoms with Gasteiger partial charge < -0.3 is 19.4 Å². The topological polar surface area (TPSA) is 162 Å². The number of rotatable bonds is 9. The molecule has 4 rings (SSSR count). The molecule has 0 saturated heterocycles. The Morgan fingerprint density at radius 2 is 1.19 bits per heavy atom. The SMILES string of the molecule is C=C(CC(=O)OCCn1c(=O)[nH]c2ccccc2c1=O)C(=O)OCCn1c(=O)[nH]c2ccccc2c1=O. The molecule has 0 saturated carbocycles. The first-order valence-electron chi connectivity index (χ1n) is 11.2. The molecule has 0 unspecified atom stereocenters. The predicted molar refractivity (Wildman–Crippen MR) is 133 cm³/mol. The van der Waals surface area contributed by atoms with Gasteiger partial charge in [0.15, 0.2) is 0 Å². The van der Waals surface area contributed by atoms with Crippen molar-refractivity contribution < 1.29 is 19.1 Å². The van der Waals surface area contributed by atoms with E-state index in [1.165, 1.54) is 0 Å². The average molecular weight is 506 g/mol. The van der Waals surface area contributed by atoms with Crippen LogP contribution in [0.25, 0.3) is 21.8 Å². The van der Waals surface area contributed by atoms with Gasteiger partial charge in [-0.15, -0.1) is 0 Å². The molecule has 0 bridgehead atoms. The van der Waals surface area contributed by atoms with Crippen LogP contribution in [0.2, 0.25) is 0 Å². The number of hydrogen-bond donors (Lipinski definition) is 2. The standard InChI is InChI=1S/C25H22N4O8/c1-15(23(33)37-13-11-29-22(32)17-7-3-5-9-19(17)27-25(29)35)14-20(30)36-12-10-28-21(31)16-6-2-4-8-18(16)26-24(28)34/h2-9H,1,10-14H2,(H,26,34)(H,27,35). The molecule has 2 aromatic heterocycles. The number of nitrogens with zero attached hydrogens (tertiary/aromatic N) is 2. The highest BCUT2D eigenvalue weighted by molar-refractivity contribution is 5.93. The number of H-pyrrole nitrogens is 2. The van der Waals surface area contributed by atoms with E-state index in [4.69, 9.17) is 9.47 Å². The van der Waals surface area contributed by atoms with Crippen molar-refractivity contribution in [2.24, 2.45) is 0 Å². The van der Waals surface area contributed by atoms with E-state index in [1.807, 2.05) is 0 Å². The lowest BCUT2D eigenvalue weighted by molar-refractivity contribution is -0.146. The fraction of sp³-hybridized carbons (Fsp3) is 0.200. The molecule has 2 N–H and O–H groups in total. The van der Waals surface area contributed by atoms with Gasteiger partial charge in [-0.25, -0.2) is 14.4 Å². The number of aromatic nitrogens is 4. The lowest BCUT2D eigenvalue weighted by Crippen LogP contribution is -2.36. The summed E-state index contributed by atoms with van der Waals surface area (Å²) in [6.45, 7) is 2.54. The van der Waals surface area contributed by atoms with Crippen molar-refractivity contribution in [2.45, 2.75) is 19.5 Å². The maximum atomic E-state index is 12.5. The highest BCUT2D eigenvalue weighted by atomic mass is 16.5. The molecule has 2 aromatic carbocycles. The number of hydrogen-bond acceptors (Lipinski definition) is 8. The summed E-state index contributed by atoms with van der Waals surface area (Å²) in [5, 5.41) is 0.631. The van der Waals surface area contributed by atoms with Gasteiger partial charge in [0.1, 0.15) is 13.2 Å². The van der Waals surface area contributed by atoms with Crippen LogP contribution < -0.4 is 22.5 Å². The number of fused-ring (bicyclic) bond motifs is 2. The number of esters is 2. The van der Waals surface area contributed by atoms with Gasteiger partial charge in [0.25, 0.3) is 11.1 Å². The fourth-order valence-electron chi connectivity index (χ4n) is 3.68. The van der Waals surface area contributed by atoms with Crippen LogP contribution in [0.4, 0.5) is 0 Å². The van der Waals surface area contributed by atoms with Gasteiger partial charge in [-0.3, -0.25) is 23.5 Å². The molecule has 12 nitrogen and oxygen atoms in total. The first kappa shape index (κ1) is 25.1. The second-order valence-corrected chi connectivity index (χ2v) is 8.00. The van der Waals surface area contributed by atoms with Gasteiger partial charge in [0.05, 0.1) is 41.3 Å². The minimum absolute atomic E-state index is 0.184. The van der Waals surface area contributed by atoms with Crippen molar-refractivity contribution in [3.8, 4) is 0 Å². The molecule has 0 spiro atoms. The van der Waals surface area contributed by atoms with Crippen molar-refractivity contribution in [3.05, 3.63) is 102 Å². The van der Waals surface area contributed by atoms with Crippen molar-refractivity contribution in [1.29, 1.82) is 0 Å². The maximum Gasteiger partial charge on any atom is 0.334 e. The molecule has 2 heterocycles. The van der Waals surface area contributed by atoms with Gasteiger partial charge in [-0.05, 0) is 24.3 Å². The van der Waals surface area contributed by atoms with E-state index in [1.54, 1.807) is 48.5 Å². The Kier molecular flexibility index (Phi) is 7.28. The fourth-order valence-corrected chi connectivity index (χ4v) is 3.68. The first-order chi connectivity index (χ1) is 17.8. The lowest BCUT2D eigenvalue weighted by atomic mass is 10.2. The van der Waals surface area contributed by atoms with Gasteiger partial charge in [-0.1, -0.05) is 30.8 Å². The third-order valence-corrected chi connectivity index (χ3v) is 5.55. The molecule has 0 aliphatic carbocycles. The van der Waals surface area contributed by atoms with Gasteiger partial charge >= 0.3 is 23.3 Å². The minimum Gasteiger partial charge on any atom is -0.464 e. The molecule has 37 heavy (non-hydrogen) atoms. The molecule has 12 heteroatoms. The smallest absolute Gasteiger partial charge is 0.334 e. The van der Waals surface area contributed by atoms with E-state index in [0.29, 0.717) is 21.8 Å². The number of nitrogens with one attached hydrogen (secondary N) is 2. The molecule has 0 atom stereocenters. The number of aromatic amines is 2. The monoisotopic (exact) mass is 506 g/mol. The number of carbonyl (C=O) groups is 2. The zero-order chi connectivity index (χ0) is 26.5. The van der Waals surface area contributed by atoms with Crippen LogP contribution in [-0.4, -0.2) is 44.3 Å². The third kappa shape index (κ3) is 5.48. The summed E-state index contributed by atoms with van der Waals surface area (Å²) in [4.78, 5) is 78.7. The number of carbonyl (C=O) groups excluding carboxylic acids is 2. The van der Waals surface area contributed by atoms with Crippen LogP contribution in [0.5, 0.6) is 0 Å². The minimum atomic E-state index is -0.899. The van der Waals surface area contributed by atoms with E-state index in [2.05, 4.69) is 16.5 Å². The maximum absolute atomic E-state index is 12.5. The highest BCUT2D eigenvalue weighted by Gasteiger charge is 2.16. The number of benzene rings is 2. The van der Waals surface area contributed by atoms with Crippen LogP contribution in [0.15, 0.2) is 79.9 Å². The molecule has 0 amide bonds. The highest BCUT2D eigenvalue weighted by Crippen LogP contribution is 2.06. The Morgan fingerprint density at radius 3 is 1.70 bits per heavy atom. The molecule has 0 fully saturated rings. The number of para-hydroxylation sites is 2. The van der Waals surface area contributed by atoms with Crippen molar-refractivity contribution in [3.63, 3.8) is 0 Å². The van der Waals surface area contributed by atoms with Gasteiger partial charge in [-0.2, -0.15) is 0 Å². The van der Waals surface area contributed by atoms with Crippen LogP contribution >= 0.6 is 0 Å². The van der Waals surface area contributed by atoms with Crippen LogP contribution in [0, 0.1) is 0 Å². The summed E-state index contributed by atoms with van der Waals surface area (Å²) < 4.78 is 11.9. The summed E-state index contributed by atoms with van der Waals surface area (Å²) in [6, 6.07) is 13.0. The lowest BCUT2D eigenvalue weighted by Gasteiger charge is -2.10. The van der Waals surface area contributed by atoms with Crippen molar-refractivity contribution in [2.75, 3.05) is 13.2 Å².